The first kappa shape index (κ1) is 15.1. The molecule has 5 nitrogen and oxygen atoms in total. The average Bonchev–Trinajstić information content (AvgIpc) is 3.19. The SMILES string of the molecule is CC(C)c1nc(SC(C(=O)NC2CC2)c2ccccc2)n[nH]1. The van der Waals surface area contributed by atoms with E-state index in [2.05, 4.69) is 34.3 Å². The predicted molar refractivity (Wildman–Crippen MR) is 86.7 cm³/mol. The summed E-state index contributed by atoms with van der Waals surface area (Å²) in [7, 11) is 0. The topological polar surface area (TPSA) is 70.7 Å². The van der Waals surface area contributed by atoms with Gasteiger partial charge in [-0.15, -0.1) is 5.10 Å². The number of thioether (sulfide) groups is 1. The van der Waals surface area contributed by atoms with E-state index in [0.29, 0.717) is 11.2 Å². The summed E-state index contributed by atoms with van der Waals surface area (Å²) >= 11 is 1.39. The molecule has 0 saturated heterocycles. The lowest BCUT2D eigenvalue weighted by Crippen LogP contribution is -2.29. The second kappa shape index (κ2) is 6.52. The highest BCUT2D eigenvalue weighted by Gasteiger charge is 2.30. The zero-order chi connectivity index (χ0) is 15.5. The van der Waals surface area contributed by atoms with Gasteiger partial charge in [0.25, 0.3) is 0 Å². The zero-order valence-corrected chi connectivity index (χ0v) is 13.6. The first-order chi connectivity index (χ1) is 10.6. The number of nitrogens with zero attached hydrogens (tertiary/aromatic N) is 2. The quantitative estimate of drug-likeness (QED) is 0.804. The van der Waals surface area contributed by atoms with Crippen molar-refractivity contribution >= 4 is 17.7 Å². The number of benzene rings is 1. The van der Waals surface area contributed by atoms with Crippen LogP contribution in [0.15, 0.2) is 35.5 Å². The summed E-state index contributed by atoms with van der Waals surface area (Å²) in [4.78, 5) is 17.0. The summed E-state index contributed by atoms with van der Waals surface area (Å²) in [5.74, 6) is 1.17. The Morgan fingerprint density at radius 3 is 2.64 bits per heavy atom. The molecule has 1 aromatic carbocycles. The van der Waals surface area contributed by atoms with Gasteiger partial charge in [0.15, 0.2) is 0 Å². The van der Waals surface area contributed by atoms with Crippen LogP contribution in [0.3, 0.4) is 0 Å². The van der Waals surface area contributed by atoms with Gasteiger partial charge in [-0.3, -0.25) is 9.89 Å². The van der Waals surface area contributed by atoms with Crippen LogP contribution in [-0.4, -0.2) is 27.1 Å². The second-order valence-electron chi connectivity index (χ2n) is 5.85. The third-order valence-corrected chi connectivity index (χ3v) is 4.63. The molecule has 1 unspecified atom stereocenters. The van der Waals surface area contributed by atoms with Crippen LogP contribution >= 0.6 is 11.8 Å². The Labute approximate surface area is 134 Å². The van der Waals surface area contributed by atoms with Gasteiger partial charge in [-0.2, -0.15) is 0 Å². The zero-order valence-electron chi connectivity index (χ0n) is 12.7. The number of hydrogen-bond acceptors (Lipinski definition) is 4. The maximum absolute atomic E-state index is 12.5. The van der Waals surface area contributed by atoms with Gasteiger partial charge in [0.05, 0.1) is 0 Å². The van der Waals surface area contributed by atoms with E-state index in [1.165, 1.54) is 11.8 Å². The minimum atomic E-state index is -0.322. The van der Waals surface area contributed by atoms with Crippen LogP contribution in [0, 0.1) is 0 Å². The Bertz CT molecular complexity index is 637. The van der Waals surface area contributed by atoms with Crippen molar-refractivity contribution in [2.24, 2.45) is 0 Å². The van der Waals surface area contributed by atoms with Crippen LogP contribution in [0.25, 0.3) is 0 Å². The molecule has 0 spiro atoms. The van der Waals surface area contributed by atoms with Crippen molar-refractivity contribution in [3.63, 3.8) is 0 Å². The molecule has 1 fully saturated rings. The third kappa shape index (κ3) is 3.68. The van der Waals surface area contributed by atoms with Gasteiger partial charge in [0, 0.05) is 12.0 Å². The summed E-state index contributed by atoms with van der Waals surface area (Å²) in [6.07, 6.45) is 2.16. The summed E-state index contributed by atoms with van der Waals surface area (Å²) in [5, 5.41) is 10.5. The van der Waals surface area contributed by atoms with Crippen molar-refractivity contribution in [3.05, 3.63) is 41.7 Å². The van der Waals surface area contributed by atoms with Crippen LogP contribution < -0.4 is 5.32 Å². The number of aromatic amines is 1. The summed E-state index contributed by atoms with van der Waals surface area (Å²) < 4.78 is 0. The van der Waals surface area contributed by atoms with Gasteiger partial charge < -0.3 is 5.32 Å². The van der Waals surface area contributed by atoms with Crippen LogP contribution in [0.1, 0.15) is 49.2 Å². The number of rotatable bonds is 6. The highest BCUT2D eigenvalue weighted by molar-refractivity contribution is 8.00. The number of H-pyrrole nitrogens is 1. The average molecular weight is 316 g/mol. The van der Waals surface area contributed by atoms with Gasteiger partial charge in [-0.05, 0) is 18.4 Å². The lowest BCUT2D eigenvalue weighted by Gasteiger charge is -2.15. The predicted octanol–water partition coefficient (Wildman–Crippen LogP) is 3.04. The summed E-state index contributed by atoms with van der Waals surface area (Å²) in [6, 6.07) is 10.1. The highest BCUT2D eigenvalue weighted by atomic mass is 32.2. The van der Waals surface area contributed by atoms with Crippen LogP contribution in [-0.2, 0) is 4.79 Å². The molecule has 1 aliphatic carbocycles. The summed E-state index contributed by atoms with van der Waals surface area (Å²) in [6.45, 7) is 4.12. The largest absolute Gasteiger partial charge is 0.352 e. The van der Waals surface area contributed by atoms with Crippen molar-refractivity contribution in [3.8, 4) is 0 Å². The fourth-order valence-corrected chi connectivity index (χ4v) is 3.01. The van der Waals surface area contributed by atoms with E-state index in [0.717, 1.165) is 24.2 Å². The number of aromatic nitrogens is 3. The van der Waals surface area contributed by atoms with Crippen LogP contribution in [0.2, 0.25) is 0 Å². The van der Waals surface area contributed by atoms with E-state index in [4.69, 9.17) is 0 Å². The van der Waals surface area contributed by atoms with E-state index in [-0.39, 0.29) is 17.1 Å². The fourth-order valence-electron chi connectivity index (χ4n) is 2.08. The maximum Gasteiger partial charge on any atom is 0.238 e. The Kier molecular flexibility index (Phi) is 4.47. The number of carbonyl (C=O) groups is 1. The Morgan fingerprint density at radius 2 is 2.05 bits per heavy atom. The highest BCUT2D eigenvalue weighted by Crippen LogP contribution is 2.34. The molecular weight excluding hydrogens is 296 g/mol. The van der Waals surface area contributed by atoms with Crippen molar-refractivity contribution in [1.82, 2.24) is 20.5 Å². The molecule has 2 aromatic rings. The van der Waals surface area contributed by atoms with E-state index in [1.54, 1.807) is 0 Å². The normalized spacial score (nSPS) is 15.8. The first-order valence-corrected chi connectivity index (χ1v) is 8.45. The molecule has 1 atom stereocenters. The van der Waals surface area contributed by atoms with E-state index < -0.39 is 0 Å². The van der Waals surface area contributed by atoms with Gasteiger partial charge in [-0.1, -0.05) is 55.9 Å². The molecule has 22 heavy (non-hydrogen) atoms. The van der Waals surface area contributed by atoms with Crippen molar-refractivity contribution in [1.29, 1.82) is 0 Å². The molecule has 3 rings (SSSR count). The van der Waals surface area contributed by atoms with Gasteiger partial charge in [0.1, 0.15) is 11.1 Å². The molecule has 1 heterocycles. The molecule has 116 valence electrons. The standard InChI is InChI=1S/C16H20N4OS/c1-10(2)14-18-16(20-19-14)22-13(11-6-4-3-5-7-11)15(21)17-12-8-9-12/h3-7,10,12-13H,8-9H2,1-2H3,(H,17,21)(H,18,19,20). The lowest BCUT2D eigenvalue weighted by molar-refractivity contribution is -0.120. The van der Waals surface area contributed by atoms with Crippen LogP contribution in [0.4, 0.5) is 0 Å². The number of nitrogens with one attached hydrogen (secondary N) is 2. The minimum Gasteiger partial charge on any atom is -0.352 e. The molecule has 1 amide bonds. The molecule has 1 aliphatic rings. The lowest BCUT2D eigenvalue weighted by atomic mass is 10.1. The molecule has 2 N–H and O–H groups in total. The monoisotopic (exact) mass is 316 g/mol. The van der Waals surface area contributed by atoms with Gasteiger partial charge in [-0.25, -0.2) is 4.98 Å². The number of hydrogen-bond donors (Lipinski definition) is 2. The first-order valence-electron chi connectivity index (χ1n) is 7.57. The number of amides is 1. The smallest absolute Gasteiger partial charge is 0.238 e. The Morgan fingerprint density at radius 1 is 1.32 bits per heavy atom. The van der Waals surface area contributed by atoms with Crippen molar-refractivity contribution in [2.45, 2.75) is 49.1 Å². The van der Waals surface area contributed by atoms with E-state index in [9.17, 15) is 4.79 Å². The molecule has 0 radical (unpaired) electrons. The van der Waals surface area contributed by atoms with E-state index in [1.807, 2.05) is 30.3 Å². The van der Waals surface area contributed by atoms with E-state index >= 15 is 0 Å². The van der Waals surface area contributed by atoms with Crippen molar-refractivity contribution < 1.29 is 4.79 Å². The Hall–Kier alpha value is -1.82. The Balaban J connectivity index is 1.79. The second-order valence-corrected chi connectivity index (χ2v) is 6.92. The molecule has 0 bridgehead atoms. The van der Waals surface area contributed by atoms with Gasteiger partial charge >= 0.3 is 0 Å². The van der Waals surface area contributed by atoms with Crippen LogP contribution in [0.5, 0.6) is 0 Å². The van der Waals surface area contributed by atoms with Gasteiger partial charge in [0.2, 0.25) is 11.1 Å². The molecule has 1 saturated carbocycles. The molecular formula is C16H20N4OS. The fraction of sp³-hybridized carbons (Fsp3) is 0.438. The minimum absolute atomic E-state index is 0.0367. The molecule has 1 aromatic heterocycles. The molecule has 6 heteroatoms. The summed E-state index contributed by atoms with van der Waals surface area (Å²) in [5.41, 5.74) is 0.974. The number of carbonyl (C=O) groups excluding carboxylic acids is 1. The molecule has 0 aliphatic heterocycles. The third-order valence-electron chi connectivity index (χ3n) is 3.52. The van der Waals surface area contributed by atoms with Crippen molar-refractivity contribution in [2.75, 3.05) is 0 Å². The maximum atomic E-state index is 12.5.